The summed E-state index contributed by atoms with van der Waals surface area (Å²) < 4.78 is 12.7. The molecule has 3 heteroatoms. The van der Waals surface area contributed by atoms with Gasteiger partial charge in [-0.1, -0.05) is 29.5 Å². The monoisotopic (exact) mass is 340 g/mol. The molecule has 1 aliphatic rings. The predicted octanol–water partition coefficient (Wildman–Crippen LogP) is 3.81. The molecule has 0 unspecified atom stereocenters. The van der Waals surface area contributed by atoms with Gasteiger partial charge in [-0.25, -0.2) is 0 Å². The molecule has 0 saturated heterocycles. The second kappa shape index (κ2) is 6.01. The first kappa shape index (κ1) is 14.7. The van der Waals surface area contributed by atoms with E-state index in [1.165, 1.54) is 25.7 Å². The topological polar surface area (TPSA) is 18.5 Å². The van der Waals surface area contributed by atoms with Crippen LogP contribution < -0.4 is 0 Å². The van der Waals surface area contributed by atoms with Crippen molar-refractivity contribution in [1.29, 1.82) is 0 Å². The van der Waals surface area contributed by atoms with Crippen molar-refractivity contribution in [3.63, 3.8) is 0 Å². The summed E-state index contributed by atoms with van der Waals surface area (Å²) in [5.41, 5.74) is -0.0508. The summed E-state index contributed by atoms with van der Waals surface area (Å²) in [6, 6.07) is 0. The minimum atomic E-state index is -0.165. The van der Waals surface area contributed by atoms with Gasteiger partial charge in [-0.05, 0) is 45.4 Å². The Morgan fingerprint density at radius 2 is 1.88 bits per heavy atom. The van der Waals surface area contributed by atoms with Crippen molar-refractivity contribution in [2.75, 3.05) is 18.1 Å². The first-order valence-electron chi connectivity index (χ1n) is 6.18. The van der Waals surface area contributed by atoms with Gasteiger partial charge in [0.05, 0.1) is 17.8 Å². The van der Waals surface area contributed by atoms with Crippen molar-refractivity contribution in [3.8, 4) is 0 Å². The molecule has 0 aromatic heterocycles. The van der Waals surface area contributed by atoms with Crippen LogP contribution in [0.2, 0.25) is 0 Å². The highest BCUT2D eigenvalue weighted by atomic mass is 127. The van der Waals surface area contributed by atoms with E-state index in [2.05, 4.69) is 43.4 Å². The van der Waals surface area contributed by atoms with Crippen molar-refractivity contribution in [2.45, 2.75) is 57.7 Å². The molecule has 0 aromatic carbocycles. The minimum Gasteiger partial charge on any atom is -0.376 e. The smallest absolute Gasteiger partial charge is 0.0855 e. The maximum absolute atomic E-state index is 6.19. The Labute approximate surface area is 114 Å². The van der Waals surface area contributed by atoms with Crippen LogP contribution in [-0.2, 0) is 9.47 Å². The first-order valence-corrected chi connectivity index (χ1v) is 7.71. The Morgan fingerprint density at radius 3 is 2.31 bits per heavy atom. The Balaban J connectivity index is 2.48. The fourth-order valence-corrected chi connectivity index (χ4v) is 2.97. The zero-order valence-corrected chi connectivity index (χ0v) is 13.2. The van der Waals surface area contributed by atoms with Crippen molar-refractivity contribution in [3.05, 3.63) is 0 Å². The lowest BCUT2D eigenvalue weighted by atomic mass is 9.80. The SMILES string of the molecule is COC(C)(C)COC1(CI)CCC(C)CC1. The molecule has 0 aromatic rings. The molecule has 1 fully saturated rings. The van der Waals surface area contributed by atoms with Gasteiger partial charge in [0.2, 0.25) is 0 Å². The van der Waals surface area contributed by atoms with E-state index in [0.717, 1.165) is 10.3 Å². The highest BCUT2D eigenvalue weighted by Gasteiger charge is 2.35. The van der Waals surface area contributed by atoms with Crippen LogP contribution in [-0.4, -0.2) is 29.3 Å². The fraction of sp³-hybridized carbons (Fsp3) is 1.00. The third-order valence-corrected chi connectivity index (χ3v) is 5.10. The lowest BCUT2D eigenvalue weighted by Gasteiger charge is -2.40. The van der Waals surface area contributed by atoms with Crippen LogP contribution in [0, 0.1) is 5.92 Å². The average Bonchev–Trinajstić information content (AvgIpc) is 2.29. The van der Waals surface area contributed by atoms with E-state index in [-0.39, 0.29) is 11.2 Å². The molecule has 2 nitrogen and oxygen atoms in total. The molecule has 0 bridgehead atoms. The average molecular weight is 340 g/mol. The summed E-state index contributed by atoms with van der Waals surface area (Å²) in [4.78, 5) is 0. The summed E-state index contributed by atoms with van der Waals surface area (Å²) >= 11 is 2.46. The molecule has 0 heterocycles. The molecule has 1 rings (SSSR count). The lowest BCUT2D eigenvalue weighted by molar-refractivity contribution is -0.124. The normalized spacial score (nSPS) is 31.7. The number of hydrogen-bond acceptors (Lipinski definition) is 2. The van der Waals surface area contributed by atoms with Crippen molar-refractivity contribution >= 4 is 22.6 Å². The zero-order chi connectivity index (χ0) is 12.2. The first-order chi connectivity index (χ1) is 7.43. The molecule has 1 saturated carbocycles. The van der Waals surface area contributed by atoms with Gasteiger partial charge in [-0.2, -0.15) is 0 Å². The molecule has 96 valence electrons. The second-order valence-corrected chi connectivity index (χ2v) is 6.51. The number of ether oxygens (including phenoxy) is 2. The van der Waals surface area contributed by atoms with Crippen molar-refractivity contribution in [2.24, 2.45) is 5.92 Å². The van der Waals surface area contributed by atoms with Crippen molar-refractivity contribution in [1.82, 2.24) is 0 Å². The summed E-state index contributed by atoms with van der Waals surface area (Å²) in [7, 11) is 1.75. The number of methoxy groups -OCH3 is 1. The van der Waals surface area contributed by atoms with Crippen molar-refractivity contribution < 1.29 is 9.47 Å². The summed E-state index contributed by atoms with van der Waals surface area (Å²) in [6.45, 7) is 7.20. The standard InChI is InChI=1S/C13H25IO2/c1-11-5-7-13(9-14,8-6-11)16-10-12(2,3)15-4/h11H,5-10H2,1-4H3. The van der Waals surface area contributed by atoms with Crippen LogP contribution in [0.4, 0.5) is 0 Å². The Kier molecular flexibility index (Phi) is 5.52. The van der Waals surface area contributed by atoms with Gasteiger partial charge < -0.3 is 9.47 Å². The summed E-state index contributed by atoms with van der Waals surface area (Å²) in [6.07, 6.45) is 5.01. The molecule has 0 radical (unpaired) electrons. The van der Waals surface area contributed by atoms with E-state index in [1.807, 2.05) is 0 Å². The van der Waals surface area contributed by atoms with Gasteiger partial charge in [-0.15, -0.1) is 0 Å². The predicted molar refractivity (Wildman–Crippen MR) is 76.3 cm³/mol. The van der Waals surface area contributed by atoms with Gasteiger partial charge in [0, 0.05) is 11.5 Å². The van der Waals surface area contributed by atoms with Gasteiger partial charge in [0.15, 0.2) is 0 Å². The third-order valence-electron chi connectivity index (χ3n) is 3.71. The Hall–Kier alpha value is 0.650. The Morgan fingerprint density at radius 1 is 1.31 bits per heavy atom. The number of rotatable bonds is 5. The molecule has 0 amide bonds. The Bertz CT molecular complexity index is 208. The number of hydrogen-bond donors (Lipinski definition) is 0. The molecule has 0 atom stereocenters. The molecule has 0 spiro atoms. The minimum absolute atomic E-state index is 0.114. The van der Waals surface area contributed by atoms with Gasteiger partial charge >= 0.3 is 0 Å². The van der Waals surface area contributed by atoms with Gasteiger partial charge in [0.1, 0.15) is 0 Å². The third kappa shape index (κ3) is 4.15. The van der Waals surface area contributed by atoms with E-state index < -0.39 is 0 Å². The summed E-state index contributed by atoms with van der Waals surface area (Å²) in [5.74, 6) is 0.870. The maximum Gasteiger partial charge on any atom is 0.0855 e. The molecule has 0 aliphatic heterocycles. The van der Waals surface area contributed by atoms with E-state index in [9.17, 15) is 0 Å². The molecule has 16 heavy (non-hydrogen) atoms. The van der Waals surface area contributed by atoms with Crippen LogP contribution in [0.3, 0.4) is 0 Å². The maximum atomic E-state index is 6.19. The number of halogens is 1. The number of alkyl halides is 1. The van der Waals surface area contributed by atoms with E-state index in [0.29, 0.717) is 6.61 Å². The molecule has 1 aliphatic carbocycles. The summed E-state index contributed by atoms with van der Waals surface area (Å²) in [5, 5.41) is 0. The van der Waals surface area contributed by atoms with Crippen LogP contribution in [0.5, 0.6) is 0 Å². The van der Waals surface area contributed by atoms with Gasteiger partial charge in [0.25, 0.3) is 0 Å². The fourth-order valence-electron chi connectivity index (χ4n) is 1.99. The van der Waals surface area contributed by atoms with E-state index >= 15 is 0 Å². The zero-order valence-electron chi connectivity index (χ0n) is 11.0. The van der Waals surface area contributed by atoms with Crippen LogP contribution in [0.15, 0.2) is 0 Å². The second-order valence-electron chi connectivity index (χ2n) is 5.75. The highest BCUT2D eigenvalue weighted by Crippen LogP contribution is 2.36. The largest absolute Gasteiger partial charge is 0.376 e. The van der Waals surface area contributed by atoms with E-state index in [4.69, 9.17) is 9.47 Å². The van der Waals surface area contributed by atoms with Gasteiger partial charge in [-0.3, -0.25) is 0 Å². The quantitative estimate of drug-likeness (QED) is 0.560. The highest BCUT2D eigenvalue weighted by molar-refractivity contribution is 14.1. The molecular weight excluding hydrogens is 315 g/mol. The lowest BCUT2D eigenvalue weighted by Crippen LogP contribution is -2.43. The van der Waals surface area contributed by atoms with Crippen LogP contribution in [0.1, 0.15) is 46.5 Å². The van der Waals surface area contributed by atoms with E-state index in [1.54, 1.807) is 7.11 Å². The van der Waals surface area contributed by atoms with Crippen LogP contribution in [0.25, 0.3) is 0 Å². The molecular formula is C13H25IO2. The molecule has 0 N–H and O–H groups in total. The van der Waals surface area contributed by atoms with Crippen LogP contribution >= 0.6 is 22.6 Å².